The van der Waals surface area contributed by atoms with Gasteiger partial charge in [0.2, 0.25) is 5.78 Å². The second kappa shape index (κ2) is 8.51. The van der Waals surface area contributed by atoms with Gasteiger partial charge in [0, 0.05) is 36.4 Å². The van der Waals surface area contributed by atoms with Crippen molar-refractivity contribution in [1.82, 2.24) is 4.57 Å². The van der Waals surface area contributed by atoms with Crippen LogP contribution in [0.5, 0.6) is 0 Å². The summed E-state index contributed by atoms with van der Waals surface area (Å²) in [5.41, 5.74) is 2.15. The molecule has 1 aromatic carbocycles. The van der Waals surface area contributed by atoms with E-state index in [1.807, 2.05) is 18.4 Å². The Balaban J connectivity index is 1.71. The summed E-state index contributed by atoms with van der Waals surface area (Å²) in [5.74, 6) is -1.17. The summed E-state index contributed by atoms with van der Waals surface area (Å²) in [7, 11) is -3.59. The zero-order valence-electron chi connectivity index (χ0n) is 16.8. The van der Waals surface area contributed by atoms with E-state index in [-0.39, 0.29) is 22.3 Å². The summed E-state index contributed by atoms with van der Waals surface area (Å²) >= 11 is 0. The van der Waals surface area contributed by atoms with E-state index >= 15 is 0 Å². The number of esters is 1. The molecule has 2 aromatic rings. The number of benzene rings is 1. The quantitative estimate of drug-likeness (QED) is 0.506. The zero-order valence-corrected chi connectivity index (χ0v) is 17.6. The van der Waals surface area contributed by atoms with Gasteiger partial charge in [-0.1, -0.05) is 12.1 Å². The number of hydrogen-bond acceptors (Lipinski definition) is 6. The maximum Gasteiger partial charge on any atom is 0.339 e. The van der Waals surface area contributed by atoms with Crippen LogP contribution in [-0.2, 0) is 25.9 Å². The minimum atomic E-state index is -3.59. The van der Waals surface area contributed by atoms with Crippen LogP contribution >= 0.6 is 0 Å². The molecule has 0 aliphatic carbocycles. The molecule has 3 rings (SSSR count). The molecule has 29 heavy (non-hydrogen) atoms. The number of rotatable bonds is 7. The molecule has 0 bridgehead atoms. The van der Waals surface area contributed by atoms with Crippen LogP contribution in [-0.4, -0.2) is 50.3 Å². The summed E-state index contributed by atoms with van der Waals surface area (Å²) in [4.78, 5) is 24.9. The fourth-order valence-corrected chi connectivity index (χ4v) is 4.48. The van der Waals surface area contributed by atoms with Crippen molar-refractivity contribution in [2.45, 2.75) is 44.2 Å². The van der Waals surface area contributed by atoms with Crippen molar-refractivity contribution < 1.29 is 27.5 Å². The summed E-state index contributed by atoms with van der Waals surface area (Å²) < 4.78 is 36.6. The lowest BCUT2D eigenvalue weighted by Crippen LogP contribution is -2.19. The van der Waals surface area contributed by atoms with E-state index < -0.39 is 22.4 Å². The number of Topliss-reactive ketones (excluding diaryl/α,β-unsaturated/α-hetero) is 1. The third-order valence-electron chi connectivity index (χ3n) is 5.13. The number of nitrogens with zero attached hydrogens (tertiary/aromatic N) is 1. The predicted octanol–water partition coefficient (Wildman–Crippen LogP) is 2.73. The number of carbonyl (C=O) groups is 2. The van der Waals surface area contributed by atoms with Crippen LogP contribution in [0.1, 0.15) is 44.9 Å². The van der Waals surface area contributed by atoms with Crippen molar-refractivity contribution in [1.29, 1.82) is 0 Å². The summed E-state index contributed by atoms with van der Waals surface area (Å²) in [6.45, 7) is 4.78. The third-order valence-corrected chi connectivity index (χ3v) is 6.28. The van der Waals surface area contributed by atoms with Crippen LogP contribution in [0.4, 0.5) is 0 Å². The van der Waals surface area contributed by atoms with Crippen LogP contribution in [0.2, 0.25) is 0 Å². The zero-order chi connectivity index (χ0) is 21.2. The molecule has 2 heterocycles. The van der Waals surface area contributed by atoms with Gasteiger partial charge in [-0.2, -0.15) is 0 Å². The number of sulfone groups is 1. The third kappa shape index (κ3) is 4.76. The molecular weight excluding hydrogens is 394 g/mol. The highest BCUT2D eigenvalue weighted by Crippen LogP contribution is 2.21. The number of hydrogen-bond donors (Lipinski definition) is 0. The molecule has 1 aliphatic rings. The highest BCUT2D eigenvalue weighted by Gasteiger charge is 2.23. The van der Waals surface area contributed by atoms with Gasteiger partial charge >= 0.3 is 5.97 Å². The molecule has 0 spiro atoms. The highest BCUT2D eigenvalue weighted by molar-refractivity contribution is 7.90. The molecule has 8 heteroatoms. The Bertz CT molecular complexity index is 1030. The largest absolute Gasteiger partial charge is 0.454 e. The molecule has 156 valence electrons. The van der Waals surface area contributed by atoms with E-state index in [1.54, 1.807) is 12.1 Å². The van der Waals surface area contributed by atoms with Gasteiger partial charge in [0.25, 0.3) is 0 Å². The Morgan fingerprint density at radius 1 is 1.21 bits per heavy atom. The van der Waals surface area contributed by atoms with Gasteiger partial charge in [0.15, 0.2) is 16.4 Å². The lowest BCUT2D eigenvalue weighted by molar-refractivity contribution is 0.0470. The Morgan fingerprint density at radius 2 is 1.93 bits per heavy atom. The number of carbonyl (C=O) groups excluding carboxylic acids is 2. The lowest BCUT2D eigenvalue weighted by atomic mass is 10.1. The Morgan fingerprint density at radius 3 is 2.59 bits per heavy atom. The predicted molar refractivity (Wildman–Crippen MR) is 107 cm³/mol. The first-order valence-electron chi connectivity index (χ1n) is 9.46. The van der Waals surface area contributed by atoms with Crippen LogP contribution in [0, 0.1) is 13.8 Å². The topological polar surface area (TPSA) is 91.7 Å². The second-order valence-corrected chi connectivity index (χ2v) is 9.28. The van der Waals surface area contributed by atoms with E-state index in [0.717, 1.165) is 37.1 Å². The molecule has 0 unspecified atom stereocenters. The minimum absolute atomic E-state index is 0.0772. The lowest BCUT2D eigenvalue weighted by Gasteiger charge is -2.14. The second-order valence-electron chi connectivity index (χ2n) is 7.30. The molecule has 0 saturated carbocycles. The van der Waals surface area contributed by atoms with Gasteiger partial charge in [-0.25, -0.2) is 13.2 Å². The summed E-state index contributed by atoms with van der Waals surface area (Å²) in [5, 5.41) is 0. The standard InChI is InChI=1S/C21H25NO6S/c1-14-11-18(15(2)22(14)12-16-7-6-10-27-16)19(23)13-28-21(24)17-8-4-5-9-20(17)29(3,25)26/h4-5,8-9,11,16H,6-7,10,12-13H2,1-3H3/t16-/m1/s1. The number of aryl methyl sites for hydroxylation is 1. The summed E-state index contributed by atoms with van der Waals surface area (Å²) in [6.07, 6.45) is 3.21. The smallest absolute Gasteiger partial charge is 0.339 e. The molecule has 0 amide bonds. The fraction of sp³-hybridized carbons (Fsp3) is 0.429. The first-order chi connectivity index (χ1) is 13.7. The van der Waals surface area contributed by atoms with Gasteiger partial charge in [0.05, 0.1) is 16.6 Å². The van der Waals surface area contributed by atoms with E-state index in [9.17, 15) is 18.0 Å². The van der Waals surface area contributed by atoms with Crippen molar-refractivity contribution in [2.75, 3.05) is 19.5 Å². The number of ketones is 1. The van der Waals surface area contributed by atoms with Crippen molar-refractivity contribution in [3.8, 4) is 0 Å². The molecule has 0 N–H and O–H groups in total. The molecule has 1 aliphatic heterocycles. The molecule has 1 saturated heterocycles. The van der Waals surface area contributed by atoms with Gasteiger partial charge in [-0.3, -0.25) is 4.79 Å². The van der Waals surface area contributed by atoms with Crippen LogP contribution in [0.3, 0.4) is 0 Å². The molecule has 7 nitrogen and oxygen atoms in total. The Kier molecular flexibility index (Phi) is 6.24. The molecular formula is C21H25NO6S. The van der Waals surface area contributed by atoms with Crippen LogP contribution < -0.4 is 0 Å². The molecule has 1 aromatic heterocycles. The summed E-state index contributed by atoms with van der Waals surface area (Å²) in [6, 6.07) is 7.57. The maximum absolute atomic E-state index is 12.6. The van der Waals surface area contributed by atoms with Gasteiger partial charge < -0.3 is 14.0 Å². The van der Waals surface area contributed by atoms with Gasteiger partial charge in [-0.15, -0.1) is 0 Å². The van der Waals surface area contributed by atoms with Gasteiger partial charge in [0.1, 0.15) is 0 Å². The van der Waals surface area contributed by atoms with Crippen LogP contribution in [0.25, 0.3) is 0 Å². The van der Waals surface area contributed by atoms with E-state index in [2.05, 4.69) is 0 Å². The van der Waals surface area contributed by atoms with E-state index in [1.165, 1.54) is 18.2 Å². The monoisotopic (exact) mass is 419 g/mol. The molecule has 0 radical (unpaired) electrons. The molecule has 1 fully saturated rings. The average molecular weight is 419 g/mol. The normalized spacial score (nSPS) is 16.7. The van der Waals surface area contributed by atoms with Gasteiger partial charge in [-0.05, 0) is 44.9 Å². The van der Waals surface area contributed by atoms with Crippen molar-refractivity contribution >= 4 is 21.6 Å². The molecule has 1 atom stereocenters. The first kappa shape index (κ1) is 21.3. The Hall–Kier alpha value is -2.45. The van der Waals surface area contributed by atoms with E-state index in [4.69, 9.17) is 9.47 Å². The Labute approximate surface area is 170 Å². The van der Waals surface area contributed by atoms with Crippen molar-refractivity contribution in [3.05, 3.63) is 52.8 Å². The minimum Gasteiger partial charge on any atom is -0.454 e. The highest BCUT2D eigenvalue weighted by atomic mass is 32.2. The van der Waals surface area contributed by atoms with E-state index in [0.29, 0.717) is 12.1 Å². The van der Waals surface area contributed by atoms with Crippen LogP contribution in [0.15, 0.2) is 35.2 Å². The fourth-order valence-electron chi connectivity index (χ4n) is 3.60. The van der Waals surface area contributed by atoms with Crippen molar-refractivity contribution in [2.24, 2.45) is 0 Å². The average Bonchev–Trinajstić information content (AvgIpc) is 3.29. The van der Waals surface area contributed by atoms with Crippen molar-refractivity contribution in [3.63, 3.8) is 0 Å². The number of aromatic nitrogens is 1. The maximum atomic E-state index is 12.6. The SMILES string of the molecule is Cc1cc(C(=O)COC(=O)c2ccccc2S(C)(=O)=O)c(C)n1C[C@H]1CCCO1. The number of ether oxygens (including phenoxy) is 2. The first-order valence-corrected chi connectivity index (χ1v) is 11.4.